The molecule has 0 radical (unpaired) electrons. The van der Waals surface area contributed by atoms with Crippen LogP contribution in [0.2, 0.25) is 0 Å². The van der Waals surface area contributed by atoms with E-state index in [9.17, 15) is 0 Å². The van der Waals surface area contributed by atoms with E-state index < -0.39 is 0 Å². The summed E-state index contributed by atoms with van der Waals surface area (Å²) in [5.41, 5.74) is 8.57. The lowest BCUT2D eigenvalue weighted by Crippen LogP contribution is -2.49. The van der Waals surface area contributed by atoms with Gasteiger partial charge >= 0.3 is 0 Å². The number of amidine groups is 1. The molecule has 132 valence electrons. The standard InChI is InChI=1S/C18H30N6/c1-13-11-24(18-16(13)17(19)21-12-22(18)2)15-5-3-14(4-6-15)23-9-7-20-8-10-23/h11,14-15,20H,3-10,12H2,1-2H3,(H2,19,21). The molecule has 0 aromatic carbocycles. The molecule has 1 aromatic heterocycles. The molecular formula is C18H30N6. The number of nitrogens with zero attached hydrogens (tertiary/aromatic N) is 4. The van der Waals surface area contributed by atoms with Gasteiger partial charge in [-0.15, -0.1) is 0 Å². The molecule has 1 saturated heterocycles. The van der Waals surface area contributed by atoms with Crippen molar-refractivity contribution in [3.05, 3.63) is 17.3 Å². The Morgan fingerprint density at radius 3 is 2.50 bits per heavy atom. The van der Waals surface area contributed by atoms with Crippen LogP contribution in [0.4, 0.5) is 5.82 Å². The minimum Gasteiger partial charge on any atom is -0.383 e. The first-order chi connectivity index (χ1) is 11.6. The Labute approximate surface area is 144 Å². The monoisotopic (exact) mass is 330 g/mol. The second-order valence-corrected chi connectivity index (χ2v) is 7.55. The molecule has 0 unspecified atom stereocenters. The van der Waals surface area contributed by atoms with Crippen LogP contribution in [0.5, 0.6) is 0 Å². The van der Waals surface area contributed by atoms with Gasteiger partial charge in [0.1, 0.15) is 18.3 Å². The van der Waals surface area contributed by atoms with Crippen LogP contribution in [0.3, 0.4) is 0 Å². The number of piperazine rings is 1. The van der Waals surface area contributed by atoms with Gasteiger partial charge in [-0.3, -0.25) is 4.90 Å². The van der Waals surface area contributed by atoms with Crippen LogP contribution in [-0.4, -0.2) is 61.2 Å². The summed E-state index contributed by atoms with van der Waals surface area (Å²) in [6.45, 7) is 7.54. The maximum Gasteiger partial charge on any atom is 0.131 e. The maximum atomic E-state index is 6.17. The van der Waals surface area contributed by atoms with Crippen molar-refractivity contribution in [3.63, 3.8) is 0 Å². The van der Waals surface area contributed by atoms with Gasteiger partial charge in [-0.25, -0.2) is 4.99 Å². The molecule has 0 atom stereocenters. The van der Waals surface area contributed by atoms with Crippen molar-refractivity contribution in [3.8, 4) is 0 Å². The third-order valence-corrected chi connectivity index (χ3v) is 5.99. The molecule has 0 spiro atoms. The van der Waals surface area contributed by atoms with Crippen LogP contribution >= 0.6 is 0 Å². The van der Waals surface area contributed by atoms with Crippen molar-refractivity contribution >= 4 is 11.7 Å². The number of hydrogen-bond acceptors (Lipinski definition) is 5. The Kier molecular flexibility index (Phi) is 4.26. The van der Waals surface area contributed by atoms with Gasteiger partial charge in [0.15, 0.2) is 0 Å². The number of hydrogen-bond donors (Lipinski definition) is 2. The summed E-state index contributed by atoms with van der Waals surface area (Å²) in [6.07, 6.45) is 7.44. The smallest absolute Gasteiger partial charge is 0.131 e. The average molecular weight is 330 g/mol. The molecule has 6 heteroatoms. The van der Waals surface area contributed by atoms with Gasteiger partial charge in [0, 0.05) is 51.5 Å². The summed E-state index contributed by atoms with van der Waals surface area (Å²) in [4.78, 5) is 9.37. The molecular weight excluding hydrogens is 300 g/mol. The van der Waals surface area contributed by atoms with Gasteiger partial charge in [0.25, 0.3) is 0 Å². The number of rotatable bonds is 2. The Morgan fingerprint density at radius 1 is 1.12 bits per heavy atom. The molecule has 6 nitrogen and oxygen atoms in total. The van der Waals surface area contributed by atoms with Crippen LogP contribution in [-0.2, 0) is 0 Å². The Hall–Kier alpha value is -1.53. The summed E-state index contributed by atoms with van der Waals surface area (Å²) in [5.74, 6) is 1.97. The van der Waals surface area contributed by atoms with Crippen LogP contribution in [0.15, 0.2) is 11.2 Å². The van der Waals surface area contributed by atoms with E-state index in [2.05, 4.69) is 44.8 Å². The fourth-order valence-corrected chi connectivity index (χ4v) is 4.70. The second-order valence-electron chi connectivity index (χ2n) is 7.55. The molecule has 0 amide bonds. The average Bonchev–Trinajstić information content (AvgIpc) is 2.98. The zero-order valence-electron chi connectivity index (χ0n) is 15.0. The lowest BCUT2D eigenvalue weighted by atomic mass is 9.89. The summed E-state index contributed by atoms with van der Waals surface area (Å²) in [6, 6.07) is 1.38. The zero-order valence-corrected chi connectivity index (χ0v) is 15.0. The molecule has 3 aliphatic rings. The normalized spacial score (nSPS) is 28.6. The van der Waals surface area contributed by atoms with E-state index >= 15 is 0 Å². The minimum absolute atomic E-state index is 0.597. The van der Waals surface area contributed by atoms with Gasteiger partial charge in [0.2, 0.25) is 0 Å². The molecule has 3 N–H and O–H groups in total. The van der Waals surface area contributed by atoms with E-state index in [1.165, 1.54) is 50.2 Å². The zero-order chi connectivity index (χ0) is 16.7. The summed E-state index contributed by atoms with van der Waals surface area (Å²) < 4.78 is 2.49. The van der Waals surface area contributed by atoms with Crippen LogP contribution in [0, 0.1) is 6.92 Å². The van der Waals surface area contributed by atoms with E-state index in [0.717, 1.165) is 24.7 Å². The highest BCUT2D eigenvalue weighted by Crippen LogP contribution is 2.38. The quantitative estimate of drug-likeness (QED) is 0.858. The molecule has 1 aliphatic carbocycles. The Bertz CT molecular complexity index is 620. The third kappa shape index (κ3) is 2.71. The minimum atomic E-state index is 0.597. The predicted molar refractivity (Wildman–Crippen MR) is 98.9 cm³/mol. The number of fused-ring (bicyclic) bond motifs is 1. The predicted octanol–water partition coefficient (Wildman–Crippen LogP) is 1.30. The van der Waals surface area contributed by atoms with Crippen molar-refractivity contribution in [1.82, 2.24) is 14.8 Å². The number of anilines is 1. The Morgan fingerprint density at radius 2 is 1.79 bits per heavy atom. The first-order valence-electron chi connectivity index (χ1n) is 9.32. The topological polar surface area (TPSA) is 61.8 Å². The first kappa shape index (κ1) is 16.0. The van der Waals surface area contributed by atoms with Gasteiger partial charge in [-0.05, 0) is 38.2 Å². The summed E-state index contributed by atoms with van der Waals surface area (Å²) in [5, 5.41) is 3.46. The van der Waals surface area contributed by atoms with Crippen molar-refractivity contribution in [2.75, 3.05) is 44.8 Å². The fraction of sp³-hybridized carbons (Fsp3) is 0.722. The number of aromatic nitrogens is 1. The highest BCUT2D eigenvalue weighted by molar-refractivity contribution is 6.04. The van der Waals surface area contributed by atoms with E-state index in [-0.39, 0.29) is 0 Å². The van der Waals surface area contributed by atoms with Crippen molar-refractivity contribution in [2.45, 2.75) is 44.7 Å². The number of aryl methyl sites for hydroxylation is 1. The molecule has 24 heavy (non-hydrogen) atoms. The highest BCUT2D eigenvalue weighted by atomic mass is 15.3. The SMILES string of the molecule is Cc1cn(C2CCC(N3CCNCC3)CC2)c2c1C(N)=NCN2C. The van der Waals surface area contributed by atoms with Gasteiger partial charge in [-0.1, -0.05) is 0 Å². The molecule has 2 fully saturated rings. The Balaban J connectivity index is 1.50. The van der Waals surface area contributed by atoms with Crippen molar-refractivity contribution in [1.29, 1.82) is 0 Å². The largest absolute Gasteiger partial charge is 0.383 e. The molecule has 1 aromatic rings. The van der Waals surface area contributed by atoms with E-state index in [4.69, 9.17) is 5.73 Å². The lowest BCUT2D eigenvalue weighted by molar-refractivity contribution is 0.123. The molecule has 0 bridgehead atoms. The van der Waals surface area contributed by atoms with E-state index in [0.29, 0.717) is 18.5 Å². The van der Waals surface area contributed by atoms with Crippen LogP contribution < -0.4 is 16.0 Å². The van der Waals surface area contributed by atoms with Crippen LogP contribution in [0.1, 0.15) is 42.9 Å². The van der Waals surface area contributed by atoms with E-state index in [1.54, 1.807) is 0 Å². The fourth-order valence-electron chi connectivity index (χ4n) is 4.70. The van der Waals surface area contributed by atoms with Crippen molar-refractivity contribution in [2.24, 2.45) is 10.7 Å². The van der Waals surface area contributed by atoms with Crippen LogP contribution in [0.25, 0.3) is 0 Å². The first-order valence-corrected chi connectivity index (χ1v) is 9.32. The molecule has 2 aliphatic heterocycles. The van der Waals surface area contributed by atoms with E-state index in [1.807, 2.05) is 0 Å². The molecule has 3 heterocycles. The number of nitrogens with one attached hydrogen (secondary N) is 1. The molecule has 1 saturated carbocycles. The highest BCUT2D eigenvalue weighted by Gasteiger charge is 2.31. The molecule has 4 rings (SSSR count). The third-order valence-electron chi connectivity index (χ3n) is 5.99. The number of aliphatic imine (C=N–C) groups is 1. The number of nitrogens with two attached hydrogens (primary N) is 1. The second kappa shape index (κ2) is 6.41. The maximum absolute atomic E-state index is 6.17. The van der Waals surface area contributed by atoms with Gasteiger partial charge < -0.3 is 20.5 Å². The van der Waals surface area contributed by atoms with Crippen molar-refractivity contribution < 1.29 is 0 Å². The lowest BCUT2D eigenvalue weighted by Gasteiger charge is -2.40. The van der Waals surface area contributed by atoms with Gasteiger partial charge in [-0.2, -0.15) is 0 Å². The summed E-state index contributed by atoms with van der Waals surface area (Å²) >= 11 is 0. The van der Waals surface area contributed by atoms with Gasteiger partial charge in [0.05, 0.1) is 5.56 Å². The summed E-state index contributed by atoms with van der Waals surface area (Å²) in [7, 11) is 2.12.